The van der Waals surface area contributed by atoms with Gasteiger partial charge in [0.1, 0.15) is 12.4 Å². The first-order chi connectivity index (χ1) is 11.4. The minimum absolute atomic E-state index is 0.00188. The Hall–Kier alpha value is -2.29. The average Bonchev–Trinajstić information content (AvgIpc) is 3.17. The van der Waals surface area contributed by atoms with Crippen LogP contribution in [0.25, 0.3) is 0 Å². The Balaban J connectivity index is 1.58. The lowest BCUT2D eigenvalue weighted by molar-refractivity contribution is -0.118. The zero-order chi connectivity index (χ0) is 17.3. The van der Waals surface area contributed by atoms with Gasteiger partial charge in [-0.3, -0.25) is 19.1 Å². The summed E-state index contributed by atoms with van der Waals surface area (Å²) in [6, 6.07) is 1.59. The Kier molecular flexibility index (Phi) is 4.61. The Morgan fingerprint density at radius 3 is 2.92 bits per heavy atom. The maximum Gasteiger partial charge on any atom is 0.257 e. The molecule has 130 valence electrons. The molecule has 0 aromatic carbocycles. The largest absolute Gasteiger partial charge is 0.302 e. The highest BCUT2D eigenvalue weighted by atomic mass is 19.3. The van der Waals surface area contributed by atoms with Gasteiger partial charge < -0.3 is 5.32 Å². The number of alkyl halides is 2. The van der Waals surface area contributed by atoms with E-state index in [1.165, 1.54) is 10.9 Å². The monoisotopic (exact) mass is 338 g/mol. The summed E-state index contributed by atoms with van der Waals surface area (Å²) in [5, 5.41) is 11.3. The molecule has 0 aliphatic carbocycles. The molecule has 1 saturated heterocycles. The number of hydrogen-bond donors (Lipinski definition) is 1. The predicted molar refractivity (Wildman–Crippen MR) is 83.8 cm³/mol. The van der Waals surface area contributed by atoms with E-state index in [2.05, 4.69) is 15.5 Å². The first-order valence-corrected chi connectivity index (χ1v) is 7.79. The SMILES string of the molecule is Cc1cc(N2CCC(NCc3cnn(CC(F)F)c3)C2=O)n(C)n1. The van der Waals surface area contributed by atoms with Crippen LogP contribution in [-0.4, -0.2) is 44.5 Å². The van der Waals surface area contributed by atoms with Crippen molar-refractivity contribution in [2.75, 3.05) is 11.4 Å². The zero-order valence-electron chi connectivity index (χ0n) is 13.6. The van der Waals surface area contributed by atoms with Crippen LogP contribution in [0, 0.1) is 6.92 Å². The van der Waals surface area contributed by atoms with Crippen molar-refractivity contribution >= 4 is 11.7 Å². The topological polar surface area (TPSA) is 68.0 Å². The van der Waals surface area contributed by atoms with Crippen molar-refractivity contribution < 1.29 is 13.6 Å². The summed E-state index contributed by atoms with van der Waals surface area (Å²) in [7, 11) is 1.81. The second-order valence-electron chi connectivity index (χ2n) is 5.94. The van der Waals surface area contributed by atoms with Crippen molar-refractivity contribution in [3.63, 3.8) is 0 Å². The molecule has 1 aliphatic heterocycles. The van der Waals surface area contributed by atoms with E-state index in [1.807, 2.05) is 20.0 Å². The molecule has 3 heterocycles. The Labute approximate surface area is 138 Å². The van der Waals surface area contributed by atoms with Crippen LogP contribution in [0.2, 0.25) is 0 Å². The van der Waals surface area contributed by atoms with Gasteiger partial charge in [-0.25, -0.2) is 8.78 Å². The van der Waals surface area contributed by atoms with Gasteiger partial charge in [-0.1, -0.05) is 0 Å². The fourth-order valence-electron chi connectivity index (χ4n) is 2.93. The molecule has 3 rings (SSSR count). The van der Waals surface area contributed by atoms with E-state index in [0.29, 0.717) is 19.5 Å². The number of halogens is 2. The molecule has 1 N–H and O–H groups in total. The second-order valence-corrected chi connectivity index (χ2v) is 5.94. The number of aromatic nitrogens is 4. The van der Waals surface area contributed by atoms with Crippen molar-refractivity contribution in [1.82, 2.24) is 24.9 Å². The van der Waals surface area contributed by atoms with Gasteiger partial charge in [0.25, 0.3) is 6.43 Å². The van der Waals surface area contributed by atoms with Gasteiger partial charge in [-0.05, 0) is 13.3 Å². The number of anilines is 1. The Morgan fingerprint density at radius 2 is 2.25 bits per heavy atom. The fourth-order valence-corrected chi connectivity index (χ4v) is 2.93. The molecule has 7 nitrogen and oxygen atoms in total. The molecule has 1 amide bonds. The van der Waals surface area contributed by atoms with Gasteiger partial charge in [-0.15, -0.1) is 0 Å². The molecular formula is C15H20F2N6O. The highest BCUT2D eigenvalue weighted by Gasteiger charge is 2.33. The number of nitrogens with zero attached hydrogens (tertiary/aromatic N) is 5. The van der Waals surface area contributed by atoms with E-state index < -0.39 is 13.0 Å². The first kappa shape index (κ1) is 16.6. The molecule has 0 bridgehead atoms. The number of rotatable bonds is 6. The quantitative estimate of drug-likeness (QED) is 0.856. The summed E-state index contributed by atoms with van der Waals surface area (Å²) in [5.74, 6) is 0.782. The maximum absolute atomic E-state index is 12.5. The smallest absolute Gasteiger partial charge is 0.257 e. The standard InChI is InChI=1S/C15H20F2N6O/c1-10-5-14(21(2)20-10)23-4-3-12(15(23)24)18-6-11-7-19-22(8-11)9-13(16)17/h5,7-8,12-13,18H,3-4,6,9H2,1-2H3. The third-order valence-corrected chi connectivity index (χ3v) is 4.02. The summed E-state index contributed by atoms with van der Waals surface area (Å²) in [6.45, 7) is 2.50. The average molecular weight is 338 g/mol. The molecule has 0 saturated carbocycles. The third-order valence-electron chi connectivity index (χ3n) is 4.02. The summed E-state index contributed by atoms with van der Waals surface area (Å²) >= 11 is 0. The van der Waals surface area contributed by atoms with Gasteiger partial charge in [0.2, 0.25) is 5.91 Å². The molecule has 1 fully saturated rings. The number of carbonyl (C=O) groups excluding carboxylic acids is 1. The maximum atomic E-state index is 12.5. The second kappa shape index (κ2) is 6.68. The molecule has 2 aromatic heterocycles. The minimum atomic E-state index is -2.43. The van der Waals surface area contributed by atoms with E-state index in [1.54, 1.807) is 15.8 Å². The van der Waals surface area contributed by atoms with E-state index in [4.69, 9.17) is 0 Å². The van der Waals surface area contributed by atoms with Gasteiger partial charge in [0.15, 0.2) is 0 Å². The third kappa shape index (κ3) is 3.45. The van der Waals surface area contributed by atoms with Crippen molar-refractivity contribution in [3.05, 3.63) is 29.7 Å². The van der Waals surface area contributed by atoms with Crippen LogP contribution < -0.4 is 10.2 Å². The van der Waals surface area contributed by atoms with Crippen LogP contribution in [0.4, 0.5) is 14.6 Å². The van der Waals surface area contributed by atoms with E-state index in [9.17, 15) is 13.6 Å². The van der Waals surface area contributed by atoms with Crippen molar-refractivity contribution in [1.29, 1.82) is 0 Å². The van der Waals surface area contributed by atoms with Gasteiger partial charge in [0.05, 0.1) is 17.9 Å². The predicted octanol–water partition coefficient (Wildman–Crippen LogP) is 1.09. The summed E-state index contributed by atoms with van der Waals surface area (Å²) in [4.78, 5) is 14.3. The van der Waals surface area contributed by atoms with Crippen molar-refractivity contribution in [2.24, 2.45) is 7.05 Å². The molecular weight excluding hydrogens is 318 g/mol. The molecule has 9 heteroatoms. The minimum Gasteiger partial charge on any atom is -0.302 e. The summed E-state index contributed by atoms with van der Waals surface area (Å²) in [5.41, 5.74) is 1.64. The number of hydrogen-bond acceptors (Lipinski definition) is 4. The van der Waals surface area contributed by atoms with Crippen molar-refractivity contribution in [2.45, 2.75) is 38.9 Å². The fraction of sp³-hybridized carbons (Fsp3) is 0.533. The molecule has 1 atom stereocenters. The van der Waals surface area contributed by atoms with E-state index >= 15 is 0 Å². The lowest BCUT2D eigenvalue weighted by Gasteiger charge is -2.16. The van der Waals surface area contributed by atoms with Crippen LogP contribution in [0.1, 0.15) is 17.7 Å². The van der Waals surface area contributed by atoms with E-state index in [-0.39, 0.29) is 11.9 Å². The molecule has 24 heavy (non-hydrogen) atoms. The molecule has 2 aromatic rings. The normalized spacial score (nSPS) is 18.1. The van der Waals surface area contributed by atoms with Gasteiger partial charge in [0, 0.05) is 38.0 Å². The number of amides is 1. The number of aryl methyl sites for hydroxylation is 2. The van der Waals surface area contributed by atoms with Gasteiger partial charge in [-0.2, -0.15) is 10.2 Å². The molecule has 1 aliphatic rings. The van der Waals surface area contributed by atoms with Crippen molar-refractivity contribution in [3.8, 4) is 0 Å². The Bertz CT molecular complexity index is 725. The van der Waals surface area contributed by atoms with Crippen LogP contribution in [0.3, 0.4) is 0 Å². The lowest BCUT2D eigenvalue weighted by atomic mass is 10.2. The van der Waals surface area contributed by atoms with Crippen LogP contribution in [-0.2, 0) is 24.9 Å². The highest BCUT2D eigenvalue weighted by Crippen LogP contribution is 2.22. The first-order valence-electron chi connectivity index (χ1n) is 7.79. The van der Waals surface area contributed by atoms with Crippen LogP contribution in [0.5, 0.6) is 0 Å². The number of nitrogens with one attached hydrogen (secondary N) is 1. The zero-order valence-corrected chi connectivity index (χ0v) is 13.6. The molecule has 1 unspecified atom stereocenters. The Morgan fingerprint density at radius 1 is 1.46 bits per heavy atom. The lowest BCUT2D eigenvalue weighted by Crippen LogP contribution is -2.38. The summed E-state index contributed by atoms with van der Waals surface area (Å²) in [6.07, 6.45) is 1.37. The molecule has 0 radical (unpaired) electrons. The summed E-state index contributed by atoms with van der Waals surface area (Å²) < 4.78 is 27.5. The van der Waals surface area contributed by atoms with Gasteiger partial charge >= 0.3 is 0 Å². The highest BCUT2D eigenvalue weighted by molar-refractivity contribution is 5.98. The van der Waals surface area contributed by atoms with Crippen LogP contribution >= 0.6 is 0 Å². The number of carbonyl (C=O) groups is 1. The molecule has 0 spiro atoms. The van der Waals surface area contributed by atoms with E-state index in [0.717, 1.165) is 17.1 Å². The van der Waals surface area contributed by atoms with Crippen LogP contribution in [0.15, 0.2) is 18.5 Å².